The fraction of sp³-hybridized carbons (Fsp3) is 0.273. The van der Waals surface area contributed by atoms with E-state index in [0.717, 1.165) is 37.1 Å². The SMILES string of the molecule is CN(CCCCc1ccccc1)C(=O)Cc1cnn(-c2ccccc2)c1. The van der Waals surface area contributed by atoms with Crippen LogP contribution in [0.1, 0.15) is 24.0 Å². The van der Waals surface area contributed by atoms with Crippen molar-refractivity contribution in [1.29, 1.82) is 0 Å². The third kappa shape index (κ3) is 5.06. The third-order valence-corrected chi connectivity index (χ3v) is 4.49. The zero-order valence-electron chi connectivity index (χ0n) is 15.2. The van der Waals surface area contributed by atoms with E-state index in [2.05, 4.69) is 29.4 Å². The van der Waals surface area contributed by atoms with Gasteiger partial charge in [0.15, 0.2) is 0 Å². The van der Waals surface area contributed by atoms with Gasteiger partial charge in [-0.3, -0.25) is 4.79 Å². The number of hydrogen-bond donors (Lipinski definition) is 0. The van der Waals surface area contributed by atoms with E-state index in [1.165, 1.54) is 5.56 Å². The quantitative estimate of drug-likeness (QED) is 0.580. The van der Waals surface area contributed by atoms with Crippen molar-refractivity contribution in [3.63, 3.8) is 0 Å². The van der Waals surface area contributed by atoms with Gasteiger partial charge in [-0.15, -0.1) is 0 Å². The van der Waals surface area contributed by atoms with Crippen molar-refractivity contribution in [2.45, 2.75) is 25.7 Å². The molecule has 0 saturated heterocycles. The van der Waals surface area contributed by atoms with Gasteiger partial charge in [0.25, 0.3) is 0 Å². The molecule has 3 rings (SSSR count). The Morgan fingerprint density at radius 2 is 1.65 bits per heavy atom. The van der Waals surface area contributed by atoms with E-state index in [1.54, 1.807) is 6.20 Å². The molecule has 0 fully saturated rings. The number of para-hydroxylation sites is 1. The molecule has 0 aliphatic carbocycles. The monoisotopic (exact) mass is 347 g/mol. The van der Waals surface area contributed by atoms with Crippen molar-refractivity contribution >= 4 is 5.91 Å². The topological polar surface area (TPSA) is 38.1 Å². The molecule has 0 saturated carbocycles. The van der Waals surface area contributed by atoms with Gasteiger partial charge in [-0.2, -0.15) is 5.10 Å². The van der Waals surface area contributed by atoms with Crippen molar-refractivity contribution in [2.75, 3.05) is 13.6 Å². The number of carbonyl (C=O) groups excluding carboxylic acids is 1. The normalized spacial score (nSPS) is 10.7. The predicted molar refractivity (Wildman–Crippen MR) is 104 cm³/mol. The second-order valence-electron chi connectivity index (χ2n) is 6.56. The minimum absolute atomic E-state index is 0.136. The number of carbonyl (C=O) groups is 1. The lowest BCUT2D eigenvalue weighted by Gasteiger charge is -2.16. The minimum atomic E-state index is 0.136. The molecule has 0 aliphatic rings. The van der Waals surface area contributed by atoms with Crippen LogP contribution in [0.25, 0.3) is 5.69 Å². The summed E-state index contributed by atoms with van der Waals surface area (Å²) in [6, 6.07) is 20.4. The first-order chi connectivity index (χ1) is 12.7. The molecule has 1 heterocycles. The molecule has 134 valence electrons. The number of amides is 1. The molecular formula is C22H25N3O. The van der Waals surface area contributed by atoms with E-state index < -0.39 is 0 Å². The molecule has 0 spiro atoms. The molecule has 0 aliphatic heterocycles. The van der Waals surface area contributed by atoms with Gasteiger partial charge in [-0.05, 0) is 42.5 Å². The van der Waals surface area contributed by atoms with Crippen LogP contribution >= 0.6 is 0 Å². The van der Waals surface area contributed by atoms with Crippen molar-refractivity contribution in [3.8, 4) is 5.69 Å². The average molecular weight is 347 g/mol. The lowest BCUT2D eigenvalue weighted by atomic mass is 10.1. The Kier molecular flexibility index (Phi) is 6.20. The summed E-state index contributed by atoms with van der Waals surface area (Å²) in [7, 11) is 1.88. The molecule has 0 bridgehead atoms. The van der Waals surface area contributed by atoms with E-state index in [4.69, 9.17) is 0 Å². The molecule has 3 aromatic rings. The minimum Gasteiger partial charge on any atom is -0.345 e. The van der Waals surface area contributed by atoms with Crippen molar-refractivity contribution < 1.29 is 4.79 Å². The molecule has 0 atom stereocenters. The van der Waals surface area contributed by atoms with E-state index in [9.17, 15) is 4.79 Å². The average Bonchev–Trinajstić information content (AvgIpc) is 3.15. The van der Waals surface area contributed by atoms with Gasteiger partial charge in [0, 0.05) is 19.8 Å². The van der Waals surface area contributed by atoms with Gasteiger partial charge < -0.3 is 4.90 Å². The van der Waals surface area contributed by atoms with Crippen molar-refractivity contribution in [2.24, 2.45) is 0 Å². The van der Waals surface area contributed by atoms with Crippen molar-refractivity contribution in [3.05, 3.63) is 84.2 Å². The Labute approximate surface area is 155 Å². The summed E-state index contributed by atoms with van der Waals surface area (Å²) < 4.78 is 1.81. The number of rotatable bonds is 8. The highest BCUT2D eigenvalue weighted by Gasteiger charge is 2.11. The first-order valence-electron chi connectivity index (χ1n) is 9.09. The standard InChI is InChI=1S/C22H25N3O/c1-24(15-9-8-12-19-10-4-2-5-11-19)22(26)16-20-17-23-25(18-20)21-13-6-3-7-14-21/h2-7,10-11,13-14,17-18H,8-9,12,15-16H2,1H3. The van der Waals surface area contributed by atoms with Crippen LogP contribution in [0.5, 0.6) is 0 Å². The Morgan fingerprint density at radius 3 is 2.38 bits per heavy atom. The number of hydrogen-bond acceptors (Lipinski definition) is 2. The highest BCUT2D eigenvalue weighted by Crippen LogP contribution is 2.10. The molecule has 1 aromatic heterocycles. The summed E-state index contributed by atoms with van der Waals surface area (Å²) >= 11 is 0. The second kappa shape index (κ2) is 8.99. The summed E-state index contributed by atoms with van der Waals surface area (Å²) in [5, 5.41) is 4.35. The smallest absolute Gasteiger partial charge is 0.226 e. The Balaban J connectivity index is 1.43. The Hall–Kier alpha value is -2.88. The lowest BCUT2D eigenvalue weighted by molar-refractivity contribution is -0.129. The first kappa shape index (κ1) is 17.9. The maximum atomic E-state index is 12.4. The molecule has 1 amide bonds. The number of aryl methyl sites for hydroxylation is 1. The van der Waals surface area contributed by atoms with E-state index in [1.807, 2.05) is 59.2 Å². The molecule has 0 N–H and O–H groups in total. The van der Waals surface area contributed by atoms with Gasteiger partial charge >= 0.3 is 0 Å². The fourth-order valence-corrected chi connectivity index (χ4v) is 2.93. The van der Waals surface area contributed by atoms with Crippen LogP contribution in [-0.2, 0) is 17.6 Å². The summed E-state index contributed by atoms with van der Waals surface area (Å²) in [5.74, 6) is 0.136. The zero-order chi connectivity index (χ0) is 18.2. The van der Waals surface area contributed by atoms with E-state index in [0.29, 0.717) is 6.42 Å². The van der Waals surface area contributed by atoms with Crippen LogP contribution in [0.3, 0.4) is 0 Å². The fourth-order valence-electron chi connectivity index (χ4n) is 2.93. The zero-order valence-corrected chi connectivity index (χ0v) is 15.2. The maximum absolute atomic E-state index is 12.4. The Morgan fingerprint density at radius 1 is 0.962 bits per heavy atom. The second-order valence-corrected chi connectivity index (χ2v) is 6.56. The summed E-state index contributed by atoms with van der Waals surface area (Å²) in [4.78, 5) is 14.2. The number of aromatic nitrogens is 2. The number of benzene rings is 2. The van der Waals surface area contributed by atoms with Gasteiger partial charge in [0.1, 0.15) is 0 Å². The van der Waals surface area contributed by atoms with E-state index in [-0.39, 0.29) is 5.91 Å². The number of unbranched alkanes of at least 4 members (excludes halogenated alkanes) is 1. The molecular weight excluding hydrogens is 322 g/mol. The largest absolute Gasteiger partial charge is 0.345 e. The highest BCUT2D eigenvalue weighted by atomic mass is 16.2. The van der Waals surface area contributed by atoms with Gasteiger partial charge in [-0.1, -0.05) is 48.5 Å². The van der Waals surface area contributed by atoms with Crippen LogP contribution in [0, 0.1) is 0 Å². The molecule has 2 aromatic carbocycles. The Bertz CT molecular complexity index is 812. The predicted octanol–water partition coefficient (Wildman–Crippen LogP) is 3.90. The third-order valence-electron chi connectivity index (χ3n) is 4.49. The molecule has 26 heavy (non-hydrogen) atoms. The summed E-state index contributed by atoms with van der Waals surface area (Å²) in [5.41, 5.74) is 3.30. The summed E-state index contributed by atoms with van der Waals surface area (Å²) in [6.45, 7) is 0.790. The molecule has 4 heteroatoms. The van der Waals surface area contributed by atoms with Crippen molar-refractivity contribution in [1.82, 2.24) is 14.7 Å². The van der Waals surface area contributed by atoms with Crippen LogP contribution in [-0.4, -0.2) is 34.2 Å². The van der Waals surface area contributed by atoms with Crippen LogP contribution in [0.15, 0.2) is 73.1 Å². The first-order valence-corrected chi connectivity index (χ1v) is 9.09. The molecule has 4 nitrogen and oxygen atoms in total. The van der Waals surface area contributed by atoms with E-state index >= 15 is 0 Å². The highest BCUT2D eigenvalue weighted by molar-refractivity contribution is 5.78. The number of likely N-dealkylation sites (N-methyl/N-ethyl adjacent to an activating group) is 1. The number of nitrogens with zero attached hydrogens (tertiary/aromatic N) is 3. The van der Waals surface area contributed by atoms with Gasteiger partial charge in [0.05, 0.1) is 18.3 Å². The van der Waals surface area contributed by atoms with Gasteiger partial charge in [-0.25, -0.2) is 4.68 Å². The lowest BCUT2D eigenvalue weighted by Crippen LogP contribution is -2.29. The van der Waals surface area contributed by atoms with Crippen LogP contribution in [0.4, 0.5) is 0 Å². The summed E-state index contributed by atoms with van der Waals surface area (Å²) in [6.07, 6.45) is 7.26. The molecule has 0 unspecified atom stereocenters. The van der Waals surface area contributed by atoms with Crippen LogP contribution in [0.2, 0.25) is 0 Å². The molecule has 0 radical (unpaired) electrons. The maximum Gasteiger partial charge on any atom is 0.226 e. The van der Waals surface area contributed by atoms with Gasteiger partial charge in [0.2, 0.25) is 5.91 Å². The van der Waals surface area contributed by atoms with Crippen LogP contribution < -0.4 is 0 Å².